The van der Waals surface area contributed by atoms with Crippen LogP contribution in [0.2, 0.25) is 0 Å². The Hall–Kier alpha value is -3.83. The van der Waals surface area contributed by atoms with Gasteiger partial charge in [-0.15, -0.1) is 0 Å². The van der Waals surface area contributed by atoms with Gasteiger partial charge in [-0.05, 0) is 51.7 Å². The Bertz CT molecular complexity index is 1280. The van der Waals surface area contributed by atoms with Crippen LogP contribution in [0.15, 0.2) is 23.1 Å². The lowest BCUT2D eigenvalue weighted by molar-refractivity contribution is 0.0805. The fourth-order valence-electron chi connectivity index (χ4n) is 4.20. The van der Waals surface area contributed by atoms with Crippen LogP contribution in [0.5, 0.6) is 0 Å². The number of carbonyl (C=O) groups is 1. The van der Waals surface area contributed by atoms with Crippen LogP contribution in [0.3, 0.4) is 0 Å². The molecule has 1 amide bonds. The minimum atomic E-state index is -0.980. The number of hydrogen-bond acceptors (Lipinski definition) is 8. The fraction of sp³-hybridized carbons (Fsp3) is 0.409. The number of nitrogens with zero attached hydrogens (tertiary/aromatic N) is 4. The van der Waals surface area contributed by atoms with E-state index in [1.165, 1.54) is 10.8 Å². The monoisotopic (exact) mass is 473 g/mol. The summed E-state index contributed by atoms with van der Waals surface area (Å²) in [4.78, 5) is 37.1. The van der Waals surface area contributed by atoms with E-state index in [9.17, 15) is 18.4 Å². The number of halogens is 2. The minimum Gasteiger partial charge on any atom is -0.446 e. The molecule has 1 aliphatic carbocycles. The molecule has 0 atom stereocenters. The van der Waals surface area contributed by atoms with Crippen LogP contribution < -0.4 is 22.3 Å². The van der Waals surface area contributed by atoms with Gasteiger partial charge in [0.15, 0.2) is 5.65 Å². The van der Waals surface area contributed by atoms with E-state index < -0.39 is 28.9 Å². The summed E-state index contributed by atoms with van der Waals surface area (Å²) < 4.78 is 35.5. The summed E-state index contributed by atoms with van der Waals surface area (Å²) in [6.45, 7) is 3.52. The van der Waals surface area contributed by atoms with Gasteiger partial charge in [0.05, 0.1) is 11.8 Å². The first-order valence-corrected chi connectivity index (χ1v) is 10.9. The van der Waals surface area contributed by atoms with Gasteiger partial charge in [-0.3, -0.25) is 9.36 Å². The average Bonchev–Trinajstić information content (AvgIpc) is 2.74. The number of benzene rings is 1. The zero-order valence-corrected chi connectivity index (χ0v) is 18.7. The van der Waals surface area contributed by atoms with Gasteiger partial charge in [0.25, 0.3) is 5.56 Å². The van der Waals surface area contributed by atoms with E-state index >= 15 is 0 Å². The van der Waals surface area contributed by atoms with E-state index in [2.05, 4.69) is 20.3 Å². The summed E-state index contributed by atoms with van der Waals surface area (Å²) in [6, 6.07) is 1.54. The highest BCUT2D eigenvalue weighted by atomic mass is 19.1. The summed E-state index contributed by atoms with van der Waals surface area (Å²) in [5, 5.41) is 3.23. The molecule has 1 saturated carbocycles. The summed E-state index contributed by atoms with van der Waals surface area (Å²) in [5.41, 5.74) is 9.32. The van der Waals surface area contributed by atoms with Crippen LogP contribution in [0.4, 0.5) is 25.2 Å². The van der Waals surface area contributed by atoms with E-state index in [4.69, 9.17) is 16.2 Å². The Labute approximate surface area is 193 Å². The first-order chi connectivity index (χ1) is 16.1. The molecule has 0 saturated heterocycles. The molecule has 1 aromatic carbocycles. The van der Waals surface area contributed by atoms with Gasteiger partial charge < -0.3 is 21.5 Å². The molecule has 0 radical (unpaired) electrons. The van der Waals surface area contributed by atoms with Crippen molar-refractivity contribution in [2.45, 2.75) is 57.7 Å². The van der Waals surface area contributed by atoms with E-state index in [0.29, 0.717) is 31.6 Å². The molecular weight excluding hydrogens is 448 g/mol. The smallest absolute Gasteiger partial charge is 0.404 e. The maximum atomic E-state index is 14.5. The number of carbonyl (C=O) groups excluding carboxylic acids is 1. The van der Waals surface area contributed by atoms with E-state index in [1.54, 1.807) is 13.8 Å². The van der Waals surface area contributed by atoms with E-state index in [0.717, 1.165) is 12.1 Å². The molecule has 2 aromatic heterocycles. The van der Waals surface area contributed by atoms with E-state index in [1.807, 2.05) is 0 Å². The largest absolute Gasteiger partial charge is 0.446 e. The highest BCUT2D eigenvalue weighted by Crippen LogP contribution is 2.27. The van der Waals surface area contributed by atoms with Crippen molar-refractivity contribution in [2.24, 2.45) is 5.73 Å². The summed E-state index contributed by atoms with van der Waals surface area (Å²) in [5.74, 6) is -1.67. The summed E-state index contributed by atoms with van der Waals surface area (Å²) >= 11 is 0. The fourth-order valence-corrected chi connectivity index (χ4v) is 4.20. The van der Waals surface area contributed by atoms with Crippen molar-refractivity contribution in [1.82, 2.24) is 19.5 Å². The van der Waals surface area contributed by atoms with Crippen LogP contribution in [-0.2, 0) is 4.74 Å². The van der Waals surface area contributed by atoms with Crippen molar-refractivity contribution in [3.63, 3.8) is 0 Å². The van der Waals surface area contributed by atoms with Gasteiger partial charge in [-0.2, -0.15) is 4.98 Å². The van der Waals surface area contributed by atoms with Crippen molar-refractivity contribution >= 4 is 28.9 Å². The summed E-state index contributed by atoms with van der Waals surface area (Å²) in [7, 11) is 0. The number of primary amides is 1. The van der Waals surface area contributed by atoms with Crippen molar-refractivity contribution < 1.29 is 18.3 Å². The second-order valence-electron chi connectivity index (χ2n) is 8.55. The van der Waals surface area contributed by atoms with Crippen molar-refractivity contribution in [3.8, 4) is 11.3 Å². The average molecular weight is 473 g/mol. The number of aromatic nitrogens is 4. The number of nitrogens with two attached hydrogens (primary N) is 2. The Morgan fingerprint density at radius 2 is 1.82 bits per heavy atom. The van der Waals surface area contributed by atoms with Crippen LogP contribution in [0.25, 0.3) is 22.4 Å². The number of ether oxygens (including phenoxy) is 1. The lowest BCUT2D eigenvalue weighted by atomic mass is 9.93. The Balaban J connectivity index is 1.69. The zero-order chi connectivity index (χ0) is 24.6. The topological polar surface area (TPSA) is 151 Å². The molecule has 0 aliphatic heterocycles. The van der Waals surface area contributed by atoms with E-state index in [-0.39, 0.29) is 40.7 Å². The van der Waals surface area contributed by atoms with Gasteiger partial charge in [0.1, 0.15) is 28.9 Å². The number of hydrogen-bond donors (Lipinski definition) is 3. The number of rotatable bonds is 5. The molecule has 1 fully saturated rings. The summed E-state index contributed by atoms with van der Waals surface area (Å²) in [6.07, 6.45) is 3.12. The molecule has 5 N–H and O–H groups in total. The lowest BCUT2D eigenvalue weighted by Crippen LogP contribution is -2.33. The third kappa shape index (κ3) is 4.61. The number of amides is 1. The molecule has 3 aromatic rings. The molecule has 4 rings (SSSR count). The molecule has 0 unspecified atom stereocenters. The molecular formula is C22H25F2N7O3. The van der Waals surface area contributed by atoms with Crippen molar-refractivity contribution in [3.05, 3.63) is 40.3 Å². The molecule has 34 heavy (non-hydrogen) atoms. The number of fused-ring (bicyclic) bond motifs is 1. The predicted octanol–water partition coefficient (Wildman–Crippen LogP) is 3.11. The van der Waals surface area contributed by atoms with Crippen LogP contribution >= 0.6 is 0 Å². The van der Waals surface area contributed by atoms with Gasteiger partial charge in [0, 0.05) is 17.8 Å². The van der Waals surface area contributed by atoms with Gasteiger partial charge >= 0.3 is 6.09 Å². The number of anilines is 2. The maximum absolute atomic E-state index is 14.5. The van der Waals surface area contributed by atoms with Crippen LogP contribution in [0.1, 0.15) is 45.6 Å². The highest BCUT2D eigenvalue weighted by molar-refractivity contribution is 5.75. The minimum absolute atomic E-state index is 0.0367. The first kappa shape index (κ1) is 23.3. The molecule has 180 valence electrons. The first-order valence-electron chi connectivity index (χ1n) is 10.9. The third-order valence-corrected chi connectivity index (χ3v) is 5.74. The standard InChI is InChI=1S/C22H25F2N7O3/c1-10(2)31-19-16(29-18(20(31)32)17-14(23)7-11(25)8-15(17)24)9-27-22(30-19)28-12-3-5-13(6-4-12)34-21(26)33/h7-10,12-13H,3-6,25H2,1-2H3,(H2,26,33)(H,27,28,30). The van der Waals surface area contributed by atoms with Crippen molar-refractivity contribution in [2.75, 3.05) is 11.1 Å². The lowest BCUT2D eigenvalue weighted by Gasteiger charge is -2.28. The molecule has 10 nitrogen and oxygen atoms in total. The normalized spacial score (nSPS) is 18.3. The predicted molar refractivity (Wildman–Crippen MR) is 122 cm³/mol. The van der Waals surface area contributed by atoms with Crippen molar-refractivity contribution in [1.29, 1.82) is 0 Å². The molecule has 12 heteroatoms. The quantitative estimate of drug-likeness (QED) is 0.478. The Kier molecular flexibility index (Phi) is 6.31. The van der Waals surface area contributed by atoms with Crippen LogP contribution in [-0.4, -0.2) is 37.8 Å². The molecule has 0 bridgehead atoms. The zero-order valence-electron chi connectivity index (χ0n) is 18.7. The second kappa shape index (κ2) is 9.20. The molecule has 1 aliphatic rings. The van der Waals surface area contributed by atoms with Gasteiger partial charge in [0.2, 0.25) is 5.95 Å². The maximum Gasteiger partial charge on any atom is 0.404 e. The van der Waals surface area contributed by atoms with Gasteiger partial charge in [-0.1, -0.05) is 0 Å². The second-order valence-corrected chi connectivity index (χ2v) is 8.55. The Morgan fingerprint density at radius 1 is 1.18 bits per heavy atom. The Morgan fingerprint density at radius 3 is 2.41 bits per heavy atom. The van der Waals surface area contributed by atoms with Crippen LogP contribution in [0, 0.1) is 11.6 Å². The molecule has 0 spiro atoms. The third-order valence-electron chi connectivity index (χ3n) is 5.74. The highest BCUT2D eigenvalue weighted by Gasteiger charge is 2.25. The molecule has 2 heterocycles. The number of nitrogen functional groups attached to an aromatic ring is 1. The number of nitrogens with one attached hydrogen (secondary N) is 1. The van der Waals surface area contributed by atoms with Gasteiger partial charge in [-0.25, -0.2) is 23.5 Å². The SMILES string of the molecule is CC(C)n1c(=O)c(-c2c(F)cc(N)cc2F)nc2cnc(NC3CCC(OC(N)=O)CC3)nc21.